The third-order valence-corrected chi connectivity index (χ3v) is 4.90. The minimum atomic E-state index is -4.70. The quantitative estimate of drug-likeness (QED) is 0.761. The number of pyridine rings is 1. The van der Waals surface area contributed by atoms with Crippen LogP contribution in [-0.4, -0.2) is 23.0 Å². The molecule has 2 aromatic heterocycles. The van der Waals surface area contributed by atoms with Crippen LogP contribution in [-0.2, 0) is 16.2 Å². The molecular formula is C13H8ClF3N4O2S. The Morgan fingerprint density at radius 3 is 2.58 bits per heavy atom. The fraction of sp³-hybridized carbons (Fsp3) is 0.0769. The summed E-state index contributed by atoms with van der Waals surface area (Å²) in [6, 6.07) is 6.92. The molecule has 0 unspecified atom stereocenters. The molecule has 0 saturated carbocycles. The second kappa shape index (κ2) is 5.64. The largest absolute Gasteiger partial charge is 0.416 e. The van der Waals surface area contributed by atoms with Gasteiger partial charge in [-0.05, 0) is 30.3 Å². The number of hydrogen-bond donors (Lipinski definition) is 1. The van der Waals surface area contributed by atoms with Crippen LogP contribution in [0.15, 0.2) is 47.5 Å². The van der Waals surface area contributed by atoms with Crippen molar-refractivity contribution in [2.75, 3.05) is 4.72 Å². The van der Waals surface area contributed by atoms with Crippen molar-refractivity contribution in [1.29, 1.82) is 0 Å². The Kier molecular flexibility index (Phi) is 3.88. The van der Waals surface area contributed by atoms with E-state index in [0.29, 0.717) is 17.8 Å². The van der Waals surface area contributed by atoms with E-state index in [-0.39, 0.29) is 11.0 Å². The highest BCUT2D eigenvalue weighted by molar-refractivity contribution is 7.92. The third kappa shape index (κ3) is 3.02. The molecule has 0 fully saturated rings. The van der Waals surface area contributed by atoms with Gasteiger partial charge in [-0.3, -0.25) is 4.40 Å². The monoisotopic (exact) mass is 376 g/mol. The normalized spacial score (nSPS) is 12.5. The standard InChI is InChI=1S/C13H8ClF3N4O2S/c14-9-5-4-8(13(15,16)17)7-10(9)24(22,23)20-12-19-18-11-3-1-2-6-21(11)12/h1-7H,(H,19,20). The summed E-state index contributed by atoms with van der Waals surface area (Å²) in [7, 11) is -4.39. The molecule has 0 spiro atoms. The average molecular weight is 377 g/mol. The SMILES string of the molecule is O=S(=O)(Nc1nnc2ccccn12)c1cc(C(F)(F)F)ccc1Cl. The van der Waals surface area contributed by atoms with Gasteiger partial charge in [-0.2, -0.15) is 13.2 Å². The lowest BCUT2D eigenvalue weighted by Crippen LogP contribution is -2.17. The highest BCUT2D eigenvalue weighted by Gasteiger charge is 2.33. The summed E-state index contributed by atoms with van der Waals surface area (Å²) in [6.07, 6.45) is -3.20. The van der Waals surface area contributed by atoms with Crippen molar-refractivity contribution in [3.8, 4) is 0 Å². The molecule has 126 valence electrons. The fourth-order valence-electron chi connectivity index (χ4n) is 1.97. The van der Waals surface area contributed by atoms with Crippen LogP contribution in [0.4, 0.5) is 19.1 Å². The van der Waals surface area contributed by atoms with Crippen LogP contribution in [0.1, 0.15) is 5.56 Å². The summed E-state index contributed by atoms with van der Waals surface area (Å²) in [4.78, 5) is -0.702. The Morgan fingerprint density at radius 2 is 1.88 bits per heavy atom. The Morgan fingerprint density at radius 1 is 1.12 bits per heavy atom. The highest BCUT2D eigenvalue weighted by Crippen LogP contribution is 2.33. The lowest BCUT2D eigenvalue weighted by molar-refractivity contribution is -0.137. The number of benzene rings is 1. The van der Waals surface area contributed by atoms with Crippen molar-refractivity contribution < 1.29 is 21.6 Å². The molecule has 0 aliphatic heterocycles. The molecular weight excluding hydrogens is 369 g/mol. The lowest BCUT2D eigenvalue weighted by atomic mass is 10.2. The number of nitrogens with one attached hydrogen (secondary N) is 1. The van der Waals surface area contributed by atoms with E-state index in [1.165, 1.54) is 10.6 Å². The minimum Gasteiger partial charge on any atom is -0.268 e. The molecule has 0 radical (unpaired) electrons. The van der Waals surface area contributed by atoms with E-state index in [1.54, 1.807) is 18.2 Å². The minimum absolute atomic E-state index is 0.168. The van der Waals surface area contributed by atoms with Crippen LogP contribution in [0, 0.1) is 0 Å². The van der Waals surface area contributed by atoms with Crippen LogP contribution in [0.25, 0.3) is 5.65 Å². The molecule has 0 atom stereocenters. The van der Waals surface area contributed by atoms with Gasteiger partial charge in [0.2, 0.25) is 5.95 Å². The van der Waals surface area contributed by atoms with E-state index in [9.17, 15) is 21.6 Å². The number of halogens is 4. The van der Waals surface area contributed by atoms with Gasteiger partial charge in [0.05, 0.1) is 10.6 Å². The van der Waals surface area contributed by atoms with Gasteiger partial charge in [-0.25, -0.2) is 13.1 Å². The van der Waals surface area contributed by atoms with Crippen molar-refractivity contribution in [1.82, 2.24) is 14.6 Å². The van der Waals surface area contributed by atoms with Crippen molar-refractivity contribution in [2.24, 2.45) is 0 Å². The van der Waals surface area contributed by atoms with Crippen molar-refractivity contribution in [3.05, 3.63) is 53.2 Å². The summed E-state index contributed by atoms with van der Waals surface area (Å²) in [5.41, 5.74) is -0.760. The van der Waals surface area contributed by atoms with Gasteiger partial charge in [0.1, 0.15) is 4.90 Å². The van der Waals surface area contributed by atoms with Crippen molar-refractivity contribution >= 4 is 33.2 Å². The van der Waals surface area contributed by atoms with Gasteiger partial charge in [0.25, 0.3) is 10.0 Å². The molecule has 0 aliphatic carbocycles. The predicted molar refractivity (Wildman–Crippen MR) is 80.2 cm³/mol. The summed E-state index contributed by atoms with van der Waals surface area (Å²) >= 11 is 5.76. The molecule has 2 heterocycles. The van der Waals surface area contributed by atoms with E-state index in [0.717, 1.165) is 6.07 Å². The van der Waals surface area contributed by atoms with Gasteiger partial charge in [0.15, 0.2) is 5.65 Å². The van der Waals surface area contributed by atoms with Crippen molar-refractivity contribution in [2.45, 2.75) is 11.1 Å². The van der Waals surface area contributed by atoms with Gasteiger partial charge in [0, 0.05) is 6.20 Å². The number of fused-ring (bicyclic) bond motifs is 1. The third-order valence-electron chi connectivity index (χ3n) is 3.09. The maximum Gasteiger partial charge on any atom is 0.416 e. The summed E-state index contributed by atoms with van der Waals surface area (Å²) in [5.74, 6) is -0.168. The van der Waals surface area contributed by atoms with Gasteiger partial charge in [-0.1, -0.05) is 17.7 Å². The lowest BCUT2D eigenvalue weighted by Gasteiger charge is -2.11. The Hall–Kier alpha value is -2.33. The molecule has 1 aromatic carbocycles. The predicted octanol–water partition coefficient (Wildman–Crippen LogP) is 3.20. The number of hydrogen-bond acceptors (Lipinski definition) is 4. The molecule has 0 bridgehead atoms. The first-order valence-electron chi connectivity index (χ1n) is 6.38. The maximum absolute atomic E-state index is 12.8. The van der Waals surface area contributed by atoms with Crippen LogP contribution in [0.3, 0.4) is 0 Å². The zero-order valence-corrected chi connectivity index (χ0v) is 13.2. The van der Waals surface area contributed by atoms with E-state index >= 15 is 0 Å². The first kappa shape index (κ1) is 16.5. The molecule has 0 saturated heterocycles. The number of sulfonamides is 1. The second-order valence-electron chi connectivity index (χ2n) is 4.70. The second-order valence-corrected chi connectivity index (χ2v) is 6.76. The number of rotatable bonds is 3. The topological polar surface area (TPSA) is 76.4 Å². The van der Waals surface area contributed by atoms with Crippen LogP contribution in [0.2, 0.25) is 5.02 Å². The maximum atomic E-state index is 12.8. The first-order valence-corrected chi connectivity index (χ1v) is 8.24. The molecule has 3 aromatic rings. The summed E-state index contributed by atoms with van der Waals surface area (Å²) < 4.78 is 66.6. The number of nitrogens with zero attached hydrogens (tertiary/aromatic N) is 3. The Bertz CT molecular complexity index is 1020. The van der Waals surface area contributed by atoms with Gasteiger partial charge in [-0.15, -0.1) is 10.2 Å². The molecule has 1 N–H and O–H groups in total. The van der Waals surface area contributed by atoms with Crippen LogP contribution >= 0.6 is 11.6 Å². The number of aromatic nitrogens is 3. The smallest absolute Gasteiger partial charge is 0.268 e. The molecule has 11 heteroatoms. The van der Waals surface area contributed by atoms with E-state index in [1.807, 2.05) is 0 Å². The Labute approximate surface area is 138 Å². The zero-order valence-electron chi connectivity index (χ0n) is 11.6. The molecule has 3 rings (SSSR count). The summed E-state index contributed by atoms with van der Waals surface area (Å²) in [5, 5.41) is 7.07. The summed E-state index contributed by atoms with van der Waals surface area (Å²) in [6.45, 7) is 0. The van der Waals surface area contributed by atoms with E-state index in [4.69, 9.17) is 11.6 Å². The first-order chi connectivity index (χ1) is 11.2. The molecule has 24 heavy (non-hydrogen) atoms. The van der Waals surface area contributed by atoms with Crippen LogP contribution < -0.4 is 4.72 Å². The van der Waals surface area contributed by atoms with Crippen molar-refractivity contribution in [3.63, 3.8) is 0 Å². The van der Waals surface area contributed by atoms with E-state index < -0.39 is 26.7 Å². The van der Waals surface area contributed by atoms with Crippen LogP contribution in [0.5, 0.6) is 0 Å². The van der Waals surface area contributed by atoms with Gasteiger partial charge < -0.3 is 0 Å². The van der Waals surface area contributed by atoms with E-state index in [2.05, 4.69) is 14.9 Å². The highest BCUT2D eigenvalue weighted by atomic mass is 35.5. The average Bonchev–Trinajstić information content (AvgIpc) is 2.89. The zero-order chi connectivity index (χ0) is 17.5. The molecule has 6 nitrogen and oxygen atoms in total. The Balaban J connectivity index is 2.05. The number of anilines is 1. The van der Waals surface area contributed by atoms with Gasteiger partial charge >= 0.3 is 6.18 Å². The fourth-order valence-corrected chi connectivity index (χ4v) is 3.49. The molecule has 0 amide bonds. The number of alkyl halides is 3. The molecule has 0 aliphatic rings.